The summed E-state index contributed by atoms with van der Waals surface area (Å²) in [7, 11) is 0. The van der Waals surface area contributed by atoms with Gasteiger partial charge in [-0.15, -0.1) is 0 Å². The van der Waals surface area contributed by atoms with Crippen molar-refractivity contribution in [1.82, 2.24) is 0 Å². The molecule has 0 radical (unpaired) electrons. The topological polar surface area (TPSA) is 0 Å². The second kappa shape index (κ2) is 18.8. The normalized spacial score (nSPS) is 24.6. The van der Waals surface area contributed by atoms with Crippen LogP contribution < -0.4 is 0 Å². The minimum absolute atomic E-state index is 0.109. The van der Waals surface area contributed by atoms with Crippen molar-refractivity contribution in [2.45, 2.75) is 213 Å². The van der Waals surface area contributed by atoms with Gasteiger partial charge in [-0.3, -0.25) is 0 Å². The molecule has 26 aromatic rings. The van der Waals surface area contributed by atoms with Gasteiger partial charge in [0.25, 0.3) is 0 Å². The zero-order valence-electron chi connectivity index (χ0n) is 84.0. The van der Waals surface area contributed by atoms with E-state index in [0.29, 0.717) is 0 Å². The molecule has 0 bridgehead atoms. The highest BCUT2D eigenvalue weighted by Crippen LogP contribution is 2.94. The second-order valence-corrected chi connectivity index (χ2v) is 55.8. The monoisotopic (exact) mass is 1820 g/mol. The van der Waals surface area contributed by atoms with E-state index < -0.39 is 43.3 Å². The first-order chi connectivity index (χ1) is 69.3. The summed E-state index contributed by atoms with van der Waals surface area (Å²) < 4.78 is 0. The zero-order chi connectivity index (χ0) is 94.3. The highest BCUT2D eigenvalue weighted by Gasteiger charge is 2.80. The van der Waals surface area contributed by atoms with Gasteiger partial charge in [-0.2, -0.15) is 0 Å². The lowest BCUT2D eigenvalue weighted by Gasteiger charge is -2.55. The highest BCUT2D eigenvalue weighted by atomic mass is 14.8. The van der Waals surface area contributed by atoms with E-state index in [2.05, 4.69) is 331 Å². The quantitative estimate of drug-likeness (QED) is 0.0946. The Kier molecular flexibility index (Phi) is 9.43. The molecule has 0 spiro atoms. The first-order valence-corrected chi connectivity index (χ1v) is 54.4. The first kappa shape index (κ1) is 72.0. The average Bonchev–Trinajstić information content (AvgIpc) is 1.36. The van der Waals surface area contributed by atoms with E-state index in [4.69, 9.17) is 0 Å². The Hall–Kier alpha value is -14.3. The number of rotatable bonds is 10. The summed E-state index contributed by atoms with van der Waals surface area (Å²) in [5.41, 5.74) is 56.1. The lowest BCUT2D eigenvalue weighted by molar-refractivity contribution is 0.536. The maximum absolute atomic E-state index is 2.81. The van der Waals surface area contributed by atoms with Crippen molar-refractivity contribution in [3.05, 3.63) is 418 Å². The van der Waals surface area contributed by atoms with Crippen LogP contribution >= 0.6 is 0 Å². The fraction of sp³-hybridized carbons (Fsp3) is 0.236. The third-order valence-electron chi connectivity index (χ3n) is 45.3. The molecule has 0 fully saturated rings. The van der Waals surface area contributed by atoms with E-state index in [-0.39, 0.29) is 32.5 Å². The predicted octanol–water partition coefficient (Wildman–Crippen LogP) is 34.2. The van der Waals surface area contributed by atoms with Crippen molar-refractivity contribution in [3.8, 4) is 11.1 Å². The van der Waals surface area contributed by atoms with Gasteiger partial charge in [0, 0.05) is 0 Å². The fourth-order valence-corrected chi connectivity index (χ4v) is 41.8. The molecule has 0 aliphatic heterocycles. The molecule has 0 saturated heterocycles. The average molecular weight is 1820 g/mol. The van der Waals surface area contributed by atoms with Gasteiger partial charge in [0.2, 0.25) is 0 Å². The summed E-state index contributed by atoms with van der Waals surface area (Å²) in [4.78, 5) is 0. The van der Waals surface area contributed by atoms with Crippen molar-refractivity contribution >= 4 is 194 Å². The molecular formula is C144H92. The third kappa shape index (κ3) is 5.48. The van der Waals surface area contributed by atoms with Crippen LogP contribution in [0.3, 0.4) is 0 Å². The lowest BCUT2D eigenvalue weighted by Crippen LogP contribution is -2.50. The van der Waals surface area contributed by atoms with Crippen molar-refractivity contribution in [2.75, 3.05) is 0 Å². The molecule has 0 saturated carbocycles. The molecular weight excluding hydrogens is 1730 g/mol. The van der Waals surface area contributed by atoms with E-state index in [1.54, 1.807) is 339 Å². The molecule has 0 aromatic heterocycles. The molecule has 0 unspecified atom stereocenters. The van der Waals surface area contributed by atoms with Gasteiger partial charge in [-0.05, 0) is 462 Å². The molecule has 19 aliphatic rings. The SMILES string of the molecule is CC(C)(C)c1ccc([C@@]23c4c5c6c7c8c9c%10c%11c%12c%13c%14c%15c%16c%17c%18c%19c%20c%21c%17c%17c%22c%23c%24c(c(c(c%24c-7c7c%23c%23c(c2c2c%24c3c3c%25c%26c(c%27c%28c%25c%25c(c9c6c4[C@]3%25c3ccc(C(C)(C)C)cc3)c3c%28c(c(c%18%14)[C@@]%19%27Cc4ccccc4)c%13c%103)[C@]%20(Cc3ccccc3)c(c%26%24)c3c2c%23c%22c%213)[C@@]57c2ccc(C(C)(C)C)cc2)[C@@]8%11c2ccc(C(C)(C)C)cc2)[C@@]%15%12c2ccc(C(C)(C)C)cc2)[C@]%16%17c2ccc(C(C)(C)C)cc2)cc1. The Morgan fingerprint density at radius 1 is 0.132 bits per heavy atom. The van der Waals surface area contributed by atoms with E-state index in [9.17, 15) is 0 Å². The van der Waals surface area contributed by atoms with Gasteiger partial charge >= 0.3 is 0 Å². The van der Waals surface area contributed by atoms with Crippen LogP contribution in [0.2, 0.25) is 0 Å². The van der Waals surface area contributed by atoms with Gasteiger partial charge in [0.15, 0.2) is 0 Å². The van der Waals surface area contributed by atoms with Crippen LogP contribution in [0.25, 0.3) is 205 Å². The molecule has 45 rings (SSSR count). The summed E-state index contributed by atoms with van der Waals surface area (Å²) in [6, 6.07) is 90.7. The molecule has 0 heterocycles. The summed E-state index contributed by atoms with van der Waals surface area (Å²) in [5.74, 6) is 0. The molecule has 668 valence electrons. The Labute approximate surface area is 829 Å². The maximum Gasteiger partial charge on any atom is 0.0733 e. The van der Waals surface area contributed by atoms with Crippen molar-refractivity contribution < 1.29 is 0 Å². The summed E-state index contributed by atoms with van der Waals surface area (Å²) in [6.07, 6.45) is 1.72. The van der Waals surface area contributed by atoms with Gasteiger partial charge in [0.05, 0.1) is 43.3 Å². The minimum atomic E-state index is -0.845. The number of benzene rings is 22. The van der Waals surface area contributed by atoms with Crippen molar-refractivity contribution in [3.63, 3.8) is 0 Å². The van der Waals surface area contributed by atoms with Gasteiger partial charge in [0.1, 0.15) is 0 Å². The van der Waals surface area contributed by atoms with Crippen LogP contribution in [0.5, 0.6) is 0 Å². The Morgan fingerprint density at radius 2 is 0.285 bits per heavy atom. The molecule has 0 heteroatoms. The minimum Gasteiger partial charge on any atom is -0.0622 e. The number of hydrogen-bond donors (Lipinski definition) is 0. The van der Waals surface area contributed by atoms with Crippen LogP contribution in [0, 0.1) is 0 Å². The van der Waals surface area contributed by atoms with Crippen LogP contribution in [0.1, 0.15) is 336 Å². The lowest BCUT2D eigenvalue weighted by atomic mass is 9.45. The Morgan fingerprint density at radius 3 is 0.535 bits per heavy atom. The van der Waals surface area contributed by atoms with Gasteiger partial charge in [-0.25, -0.2) is 0 Å². The fourth-order valence-electron chi connectivity index (χ4n) is 41.8. The first-order valence-electron chi connectivity index (χ1n) is 54.4. The molecule has 0 nitrogen and oxygen atoms in total. The van der Waals surface area contributed by atoms with E-state index in [1.807, 2.05) is 0 Å². The van der Waals surface area contributed by atoms with Crippen LogP contribution in [-0.4, -0.2) is 0 Å². The summed E-state index contributed by atoms with van der Waals surface area (Å²) >= 11 is 0. The third-order valence-corrected chi connectivity index (χ3v) is 45.3. The molecule has 8 atom stereocenters. The van der Waals surface area contributed by atoms with Crippen LogP contribution in [-0.2, 0) is 88.7 Å². The van der Waals surface area contributed by atoms with Crippen LogP contribution in [0.4, 0.5) is 0 Å². The van der Waals surface area contributed by atoms with E-state index in [1.165, 1.54) is 77.9 Å². The maximum atomic E-state index is 2.81. The molecule has 0 amide bonds. The second-order valence-electron chi connectivity index (χ2n) is 55.8. The largest absolute Gasteiger partial charge is 0.0733 e. The molecule has 19 aliphatic carbocycles. The molecule has 0 N–H and O–H groups in total. The van der Waals surface area contributed by atoms with Crippen molar-refractivity contribution in [1.29, 1.82) is 0 Å². The van der Waals surface area contributed by atoms with E-state index >= 15 is 0 Å². The summed E-state index contributed by atoms with van der Waals surface area (Å²) in [6.45, 7) is 44.6. The summed E-state index contributed by atoms with van der Waals surface area (Å²) in [5, 5.41) is 58.1. The number of hydrogen-bond acceptors (Lipinski definition) is 0. The zero-order valence-corrected chi connectivity index (χ0v) is 84.0. The van der Waals surface area contributed by atoms with Crippen LogP contribution in [0.15, 0.2) is 206 Å². The highest BCUT2D eigenvalue weighted by molar-refractivity contribution is 6.65. The van der Waals surface area contributed by atoms with Crippen molar-refractivity contribution in [2.24, 2.45) is 0 Å². The van der Waals surface area contributed by atoms with E-state index in [0.717, 1.165) is 12.8 Å². The Bertz CT molecular complexity index is 11100. The van der Waals surface area contributed by atoms with Gasteiger partial charge in [-0.1, -0.05) is 331 Å². The Balaban J connectivity index is 0.878. The molecule has 144 heavy (non-hydrogen) atoms. The molecule has 26 aromatic carbocycles. The predicted molar refractivity (Wildman–Crippen MR) is 595 cm³/mol. The standard InChI is InChI=1S/C144H92/c1-131(2,3)57-29-41-63(42-30-57)139-109-81-69-71-75-79-73(69)85-95(109)105-99-93-101-89-76-72-70-74-80(76)107(93)138(54-56-27-23-20-24-28-56)114-86(74)96-106-100-94(108(79)137(116(100)114,113(85)115(99)138)53-55-25-21-19-22-26-55)102-90(75)120-118-87(71)83-77(81)91-103-97-98-104-92-78(84-88(72)117-119(89)143(123(101)121(105)139,67-49-37-61(38-50-67)135(13,14)15)129(125(91)139)127(103)141(117,112(84)98)65-45-33-59(34-46-65)133(7,8)9)82(70)110(96)140(64-43-31-58(32-44-64)132(4,5)6)122(106)124(102)144(120,68-51-39-62(40-52-68)136(16,17)18)130(126(92)140)128(104)142(118,111(83)97)66-47-35-60(36-48-66)134(10,11)12/h19-52H,53-54H2,1-18H3/t137-,138-,139+,140+,141+,142+,143-,144-/m1/s1. The van der Waals surface area contributed by atoms with Gasteiger partial charge < -0.3 is 0 Å². The smallest absolute Gasteiger partial charge is 0.0622 e.